The quantitative estimate of drug-likeness (QED) is 0.824. The van der Waals surface area contributed by atoms with Crippen LogP contribution in [0.5, 0.6) is 0 Å². The van der Waals surface area contributed by atoms with E-state index in [4.69, 9.17) is 5.73 Å². The maximum atomic E-state index is 6.77. The molecule has 2 heterocycles. The van der Waals surface area contributed by atoms with Crippen LogP contribution in [0.15, 0.2) is 0 Å². The Balaban J connectivity index is 1.44. The molecule has 6 atom stereocenters. The highest BCUT2D eigenvalue weighted by Gasteiger charge is 2.49. The van der Waals surface area contributed by atoms with Crippen molar-refractivity contribution >= 4 is 0 Å². The second-order valence-electron chi connectivity index (χ2n) is 8.74. The summed E-state index contributed by atoms with van der Waals surface area (Å²) in [6, 6.07) is 1.12. The van der Waals surface area contributed by atoms with Gasteiger partial charge in [0.05, 0.1) is 6.17 Å². The summed E-state index contributed by atoms with van der Waals surface area (Å²) in [7, 11) is 0. The van der Waals surface area contributed by atoms with Gasteiger partial charge < -0.3 is 5.73 Å². The zero-order valence-corrected chi connectivity index (χ0v) is 14.3. The topological polar surface area (TPSA) is 41.3 Å². The lowest BCUT2D eigenvalue weighted by molar-refractivity contribution is 0.0274. The molecule has 3 heteroatoms. The normalized spacial score (nSPS) is 47.2. The molecule has 2 saturated carbocycles. The molecule has 4 rings (SSSR count). The van der Waals surface area contributed by atoms with E-state index in [1.54, 1.807) is 0 Å². The summed E-state index contributed by atoms with van der Waals surface area (Å²) in [5.74, 6) is 3.20. The van der Waals surface area contributed by atoms with E-state index in [1.807, 2.05) is 0 Å². The van der Waals surface area contributed by atoms with E-state index in [9.17, 15) is 0 Å². The average Bonchev–Trinajstić information content (AvgIpc) is 2.93. The summed E-state index contributed by atoms with van der Waals surface area (Å²) >= 11 is 0. The van der Waals surface area contributed by atoms with Gasteiger partial charge in [-0.2, -0.15) is 0 Å². The van der Waals surface area contributed by atoms with Crippen molar-refractivity contribution in [3.8, 4) is 0 Å². The number of nitrogens with zero attached hydrogens (tertiary/aromatic N) is 1. The van der Waals surface area contributed by atoms with Crippen molar-refractivity contribution in [2.45, 2.75) is 83.0 Å². The third-order valence-electron chi connectivity index (χ3n) is 7.39. The van der Waals surface area contributed by atoms with Gasteiger partial charge in [0.2, 0.25) is 0 Å². The lowest BCUT2D eigenvalue weighted by atomic mass is 9.68. The predicted octanol–water partition coefficient (Wildman–Crippen LogP) is 2.95. The highest BCUT2D eigenvalue weighted by atomic mass is 15.3. The van der Waals surface area contributed by atoms with Gasteiger partial charge in [0, 0.05) is 31.1 Å². The van der Waals surface area contributed by atoms with E-state index >= 15 is 0 Å². The molecule has 0 radical (unpaired) electrons. The van der Waals surface area contributed by atoms with Gasteiger partial charge in [-0.05, 0) is 49.9 Å². The molecule has 0 aromatic rings. The molecule has 4 fully saturated rings. The molecule has 4 aliphatic rings. The number of nitrogens with one attached hydrogen (secondary N) is 1. The lowest BCUT2D eigenvalue weighted by Gasteiger charge is -2.51. The zero-order chi connectivity index (χ0) is 15.1. The second kappa shape index (κ2) is 6.41. The van der Waals surface area contributed by atoms with E-state index in [0.717, 1.165) is 17.8 Å². The molecule has 0 spiro atoms. The highest BCUT2D eigenvalue weighted by Crippen LogP contribution is 2.42. The van der Waals surface area contributed by atoms with Gasteiger partial charge in [-0.25, -0.2) is 0 Å². The Bertz CT molecular complexity index is 379. The van der Waals surface area contributed by atoms with Crippen LogP contribution in [-0.2, 0) is 0 Å². The Morgan fingerprint density at radius 1 is 0.955 bits per heavy atom. The van der Waals surface area contributed by atoms with Crippen LogP contribution in [0, 0.1) is 23.7 Å². The monoisotopic (exact) mass is 305 g/mol. The molecule has 0 aromatic heterocycles. The van der Waals surface area contributed by atoms with E-state index in [1.165, 1.54) is 70.9 Å². The number of nitrogens with two attached hydrogens (primary N) is 1. The number of fused-ring (bicyclic) bond motifs is 2. The molecule has 0 amide bonds. The Morgan fingerprint density at radius 3 is 2.59 bits per heavy atom. The van der Waals surface area contributed by atoms with E-state index < -0.39 is 0 Å². The Labute approximate surface area is 136 Å². The lowest BCUT2D eigenvalue weighted by Crippen LogP contribution is -2.66. The largest absolute Gasteiger partial charge is 0.327 e. The Kier molecular flexibility index (Phi) is 4.49. The molecule has 2 aliphatic carbocycles. The minimum Gasteiger partial charge on any atom is -0.327 e. The Morgan fingerprint density at radius 2 is 1.77 bits per heavy atom. The molecule has 3 nitrogen and oxygen atoms in total. The molecular formula is C19H35N3. The molecule has 6 unspecified atom stereocenters. The van der Waals surface area contributed by atoms with Gasteiger partial charge >= 0.3 is 0 Å². The first-order valence-electron chi connectivity index (χ1n) is 9.99. The number of likely N-dealkylation sites (tertiary alicyclic amines) is 1. The summed E-state index contributed by atoms with van der Waals surface area (Å²) in [5.41, 5.74) is 6.77. The zero-order valence-electron chi connectivity index (χ0n) is 14.3. The summed E-state index contributed by atoms with van der Waals surface area (Å²) < 4.78 is 0. The first-order chi connectivity index (χ1) is 10.7. The fourth-order valence-corrected chi connectivity index (χ4v) is 6.11. The summed E-state index contributed by atoms with van der Waals surface area (Å²) in [6.07, 6.45) is 13.3. The van der Waals surface area contributed by atoms with Crippen LogP contribution in [0.2, 0.25) is 0 Å². The SMILES string of the molecule is CC1CCCC2C(N)C3CCN(CC4CCCCC4)C3NC12. The second-order valence-corrected chi connectivity index (χ2v) is 8.74. The first kappa shape index (κ1) is 15.4. The van der Waals surface area contributed by atoms with Crippen LogP contribution in [0.25, 0.3) is 0 Å². The molecule has 22 heavy (non-hydrogen) atoms. The van der Waals surface area contributed by atoms with Gasteiger partial charge in [-0.15, -0.1) is 0 Å². The van der Waals surface area contributed by atoms with Gasteiger partial charge in [0.15, 0.2) is 0 Å². The van der Waals surface area contributed by atoms with Gasteiger partial charge in [0.25, 0.3) is 0 Å². The standard InChI is InChI=1S/C19H35N3/c1-13-6-5-9-15-17(20)16-10-11-22(19(16)21-18(13)15)12-14-7-3-2-4-8-14/h13-19,21H,2-12,20H2,1H3. The maximum absolute atomic E-state index is 6.77. The van der Waals surface area contributed by atoms with Crippen LogP contribution in [0.4, 0.5) is 0 Å². The average molecular weight is 306 g/mol. The van der Waals surface area contributed by atoms with E-state index in [0.29, 0.717) is 24.2 Å². The number of hydrogen-bond acceptors (Lipinski definition) is 3. The number of hydrogen-bond donors (Lipinski definition) is 2. The first-order valence-corrected chi connectivity index (χ1v) is 9.99. The van der Waals surface area contributed by atoms with Crippen LogP contribution >= 0.6 is 0 Å². The molecule has 2 aliphatic heterocycles. The third-order valence-corrected chi connectivity index (χ3v) is 7.39. The Hall–Kier alpha value is -0.120. The fraction of sp³-hybridized carbons (Fsp3) is 1.00. The summed E-state index contributed by atoms with van der Waals surface area (Å²) in [4.78, 5) is 2.78. The van der Waals surface area contributed by atoms with Crippen molar-refractivity contribution < 1.29 is 0 Å². The van der Waals surface area contributed by atoms with Crippen molar-refractivity contribution in [2.75, 3.05) is 13.1 Å². The fourth-order valence-electron chi connectivity index (χ4n) is 6.11. The molecule has 3 N–H and O–H groups in total. The summed E-state index contributed by atoms with van der Waals surface area (Å²) in [5, 5.41) is 4.08. The molecule has 126 valence electrons. The van der Waals surface area contributed by atoms with Crippen molar-refractivity contribution in [3.63, 3.8) is 0 Å². The smallest absolute Gasteiger partial charge is 0.0644 e. The number of rotatable bonds is 2. The van der Waals surface area contributed by atoms with Gasteiger partial charge in [-0.1, -0.05) is 32.6 Å². The van der Waals surface area contributed by atoms with Crippen molar-refractivity contribution in [3.05, 3.63) is 0 Å². The van der Waals surface area contributed by atoms with Crippen molar-refractivity contribution in [1.29, 1.82) is 0 Å². The van der Waals surface area contributed by atoms with Crippen molar-refractivity contribution in [2.24, 2.45) is 29.4 Å². The molecule has 0 aromatic carbocycles. The van der Waals surface area contributed by atoms with Crippen LogP contribution < -0.4 is 11.1 Å². The van der Waals surface area contributed by atoms with E-state index in [2.05, 4.69) is 17.1 Å². The molecule has 2 saturated heterocycles. The van der Waals surface area contributed by atoms with Crippen LogP contribution in [0.3, 0.4) is 0 Å². The predicted molar refractivity (Wildman–Crippen MR) is 91.4 cm³/mol. The minimum absolute atomic E-state index is 0.440. The van der Waals surface area contributed by atoms with Gasteiger partial charge in [0.1, 0.15) is 0 Å². The maximum Gasteiger partial charge on any atom is 0.0644 e. The van der Waals surface area contributed by atoms with Crippen LogP contribution in [-0.4, -0.2) is 36.2 Å². The number of piperidine rings is 1. The minimum atomic E-state index is 0.440. The summed E-state index contributed by atoms with van der Waals surface area (Å²) in [6.45, 7) is 5.05. The van der Waals surface area contributed by atoms with E-state index in [-0.39, 0.29) is 0 Å². The third kappa shape index (κ3) is 2.74. The highest BCUT2D eigenvalue weighted by molar-refractivity contribution is 5.05. The molecular weight excluding hydrogens is 270 g/mol. The van der Waals surface area contributed by atoms with Gasteiger partial charge in [-0.3, -0.25) is 10.2 Å². The molecule has 0 bridgehead atoms. The van der Waals surface area contributed by atoms with Crippen LogP contribution in [0.1, 0.15) is 64.7 Å². The van der Waals surface area contributed by atoms with Crippen molar-refractivity contribution in [1.82, 2.24) is 10.2 Å².